The van der Waals surface area contributed by atoms with Gasteiger partial charge in [-0.05, 0) is 25.0 Å². The van der Waals surface area contributed by atoms with Crippen molar-refractivity contribution < 1.29 is 19.4 Å². The molecule has 0 aliphatic rings. The predicted molar refractivity (Wildman–Crippen MR) is 77.0 cm³/mol. The van der Waals surface area contributed by atoms with E-state index in [2.05, 4.69) is 0 Å². The summed E-state index contributed by atoms with van der Waals surface area (Å²) in [5.41, 5.74) is 1.86. The van der Waals surface area contributed by atoms with Crippen molar-refractivity contribution in [3.63, 3.8) is 0 Å². The van der Waals surface area contributed by atoms with Gasteiger partial charge in [0.25, 0.3) is 0 Å². The molecule has 0 atom stereocenters. The molecule has 2 aromatic rings. The SMILES string of the molecule is CCCn1c(C(=O)O)c(C)c2cc(OC)cc(OC)c21. The smallest absolute Gasteiger partial charge is 0.352 e. The molecule has 0 aliphatic heterocycles. The Kier molecular flexibility index (Phi) is 3.88. The summed E-state index contributed by atoms with van der Waals surface area (Å²) in [6, 6.07) is 3.63. The number of carboxylic acid groups (broad SMARTS) is 1. The summed E-state index contributed by atoms with van der Waals surface area (Å²) in [5.74, 6) is 0.361. The van der Waals surface area contributed by atoms with Crippen LogP contribution >= 0.6 is 0 Å². The highest BCUT2D eigenvalue weighted by atomic mass is 16.5. The Hall–Kier alpha value is -2.17. The summed E-state index contributed by atoms with van der Waals surface area (Å²) in [5, 5.41) is 10.3. The van der Waals surface area contributed by atoms with Gasteiger partial charge in [0.15, 0.2) is 0 Å². The Morgan fingerprint density at radius 1 is 1.30 bits per heavy atom. The normalized spacial score (nSPS) is 10.8. The highest BCUT2D eigenvalue weighted by molar-refractivity contribution is 6.00. The van der Waals surface area contributed by atoms with E-state index in [1.165, 1.54) is 0 Å². The maximum Gasteiger partial charge on any atom is 0.352 e. The van der Waals surface area contributed by atoms with Gasteiger partial charge in [-0.25, -0.2) is 4.79 Å². The van der Waals surface area contributed by atoms with Gasteiger partial charge in [0, 0.05) is 18.0 Å². The van der Waals surface area contributed by atoms with E-state index >= 15 is 0 Å². The average molecular weight is 277 g/mol. The van der Waals surface area contributed by atoms with Gasteiger partial charge < -0.3 is 19.1 Å². The summed E-state index contributed by atoms with van der Waals surface area (Å²) in [7, 11) is 3.16. The van der Waals surface area contributed by atoms with Crippen molar-refractivity contribution in [1.29, 1.82) is 0 Å². The van der Waals surface area contributed by atoms with E-state index in [4.69, 9.17) is 9.47 Å². The van der Waals surface area contributed by atoms with E-state index in [1.54, 1.807) is 20.3 Å². The van der Waals surface area contributed by atoms with Crippen LogP contribution in [0, 0.1) is 6.92 Å². The number of hydrogen-bond donors (Lipinski definition) is 1. The predicted octanol–water partition coefficient (Wildman–Crippen LogP) is 3.08. The number of aryl methyl sites for hydroxylation is 2. The van der Waals surface area contributed by atoms with Gasteiger partial charge in [-0.1, -0.05) is 6.92 Å². The van der Waals surface area contributed by atoms with Gasteiger partial charge >= 0.3 is 5.97 Å². The second kappa shape index (κ2) is 5.45. The van der Waals surface area contributed by atoms with Crippen LogP contribution in [-0.4, -0.2) is 29.9 Å². The Morgan fingerprint density at radius 2 is 2.00 bits per heavy atom. The first kappa shape index (κ1) is 14.2. The van der Waals surface area contributed by atoms with Crippen LogP contribution in [0.3, 0.4) is 0 Å². The van der Waals surface area contributed by atoms with Gasteiger partial charge in [0.2, 0.25) is 0 Å². The Bertz CT molecular complexity index is 658. The number of ether oxygens (including phenoxy) is 2. The molecule has 0 spiro atoms. The molecule has 0 radical (unpaired) electrons. The van der Waals surface area contributed by atoms with Crippen LogP contribution in [0.4, 0.5) is 0 Å². The van der Waals surface area contributed by atoms with Gasteiger partial charge in [-0.2, -0.15) is 0 Å². The van der Waals surface area contributed by atoms with E-state index in [0.717, 1.165) is 22.9 Å². The second-order valence-electron chi connectivity index (χ2n) is 4.66. The van der Waals surface area contributed by atoms with E-state index in [0.29, 0.717) is 23.7 Å². The monoisotopic (exact) mass is 277 g/mol. The van der Waals surface area contributed by atoms with Crippen molar-refractivity contribution in [3.05, 3.63) is 23.4 Å². The number of nitrogens with zero attached hydrogens (tertiary/aromatic N) is 1. The zero-order valence-electron chi connectivity index (χ0n) is 12.2. The summed E-state index contributed by atoms with van der Waals surface area (Å²) in [4.78, 5) is 11.5. The van der Waals surface area contributed by atoms with Crippen molar-refractivity contribution in [1.82, 2.24) is 4.57 Å². The highest BCUT2D eigenvalue weighted by Crippen LogP contribution is 2.36. The molecule has 1 aromatic carbocycles. The number of aromatic nitrogens is 1. The van der Waals surface area contributed by atoms with Crippen LogP contribution in [0.15, 0.2) is 12.1 Å². The van der Waals surface area contributed by atoms with Gasteiger partial charge in [-0.3, -0.25) is 0 Å². The number of benzene rings is 1. The number of carboxylic acids is 1. The molecular weight excluding hydrogens is 258 g/mol. The number of rotatable bonds is 5. The van der Waals surface area contributed by atoms with Crippen molar-refractivity contribution >= 4 is 16.9 Å². The zero-order valence-corrected chi connectivity index (χ0v) is 12.2. The number of hydrogen-bond acceptors (Lipinski definition) is 3. The molecule has 0 saturated carbocycles. The van der Waals surface area contributed by atoms with Gasteiger partial charge in [-0.15, -0.1) is 0 Å². The number of methoxy groups -OCH3 is 2. The van der Waals surface area contributed by atoms with Crippen LogP contribution in [0.5, 0.6) is 11.5 Å². The molecular formula is C15H19NO4. The first-order chi connectivity index (χ1) is 9.54. The Labute approximate surface area is 117 Å². The van der Waals surface area contributed by atoms with Crippen molar-refractivity contribution in [2.24, 2.45) is 0 Å². The lowest BCUT2D eigenvalue weighted by molar-refractivity contribution is 0.0684. The van der Waals surface area contributed by atoms with Crippen molar-refractivity contribution in [3.8, 4) is 11.5 Å². The molecule has 1 aromatic heterocycles. The molecule has 0 aliphatic carbocycles. The number of fused-ring (bicyclic) bond motifs is 1. The number of aromatic carboxylic acids is 1. The fourth-order valence-electron chi connectivity index (χ4n) is 2.59. The van der Waals surface area contributed by atoms with E-state index < -0.39 is 5.97 Å². The molecule has 0 unspecified atom stereocenters. The summed E-state index contributed by atoms with van der Waals surface area (Å²) < 4.78 is 12.5. The average Bonchev–Trinajstić information content (AvgIpc) is 2.71. The maximum absolute atomic E-state index is 11.5. The largest absolute Gasteiger partial charge is 0.497 e. The third-order valence-corrected chi connectivity index (χ3v) is 3.45. The van der Waals surface area contributed by atoms with Gasteiger partial charge in [0.05, 0.1) is 19.7 Å². The quantitative estimate of drug-likeness (QED) is 0.912. The molecule has 1 N–H and O–H groups in total. The lowest BCUT2D eigenvalue weighted by Gasteiger charge is -2.11. The molecule has 0 saturated heterocycles. The molecule has 0 fully saturated rings. The van der Waals surface area contributed by atoms with Crippen molar-refractivity contribution in [2.45, 2.75) is 26.8 Å². The number of carbonyl (C=O) groups is 1. The van der Waals surface area contributed by atoms with Crippen molar-refractivity contribution in [2.75, 3.05) is 14.2 Å². The topological polar surface area (TPSA) is 60.7 Å². The first-order valence-electron chi connectivity index (χ1n) is 6.53. The molecule has 2 rings (SSSR count). The standard InChI is InChI=1S/C15H19NO4/c1-5-6-16-13(15(17)18)9(2)11-7-10(19-3)8-12(20-4)14(11)16/h7-8H,5-6H2,1-4H3,(H,17,18). The van der Waals surface area contributed by atoms with E-state index in [9.17, 15) is 9.90 Å². The van der Waals surface area contributed by atoms with Crippen LogP contribution in [0.25, 0.3) is 10.9 Å². The summed E-state index contributed by atoms with van der Waals surface area (Å²) in [6.45, 7) is 4.47. The second-order valence-corrected chi connectivity index (χ2v) is 4.66. The molecule has 20 heavy (non-hydrogen) atoms. The maximum atomic E-state index is 11.5. The lowest BCUT2D eigenvalue weighted by atomic mass is 10.1. The summed E-state index contributed by atoms with van der Waals surface area (Å²) in [6.07, 6.45) is 0.846. The fourth-order valence-corrected chi connectivity index (χ4v) is 2.59. The minimum absolute atomic E-state index is 0.313. The fraction of sp³-hybridized carbons (Fsp3) is 0.400. The van der Waals surface area contributed by atoms with Gasteiger partial charge in [0.1, 0.15) is 17.2 Å². The van der Waals surface area contributed by atoms with E-state index in [1.807, 2.05) is 24.5 Å². The summed E-state index contributed by atoms with van der Waals surface area (Å²) >= 11 is 0. The Morgan fingerprint density at radius 3 is 2.50 bits per heavy atom. The zero-order chi connectivity index (χ0) is 14.9. The van der Waals surface area contributed by atoms with Crippen LogP contribution in [0.2, 0.25) is 0 Å². The molecule has 5 nitrogen and oxygen atoms in total. The lowest BCUT2D eigenvalue weighted by Crippen LogP contribution is -2.09. The third-order valence-electron chi connectivity index (χ3n) is 3.45. The molecule has 5 heteroatoms. The first-order valence-corrected chi connectivity index (χ1v) is 6.53. The van der Waals surface area contributed by atoms with Crippen LogP contribution in [0.1, 0.15) is 29.4 Å². The molecule has 0 amide bonds. The molecule has 0 bridgehead atoms. The van der Waals surface area contributed by atoms with E-state index in [-0.39, 0.29) is 0 Å². The highest BCUT2D eigenvalue weighted by Gasteiger charge is 2.22. The minimum atomic E-state index is -0.923. The molecule has 108 valence electrons. The molecule has 1 heterocycles. The Balaban J connectivity index is 2.90. The van der Waals surface area contributed by atoms with Crippen LogP contribution < -0.4 is 9.47 Å². The third kappa shape index (κ3) is 2.09. The van der Waals surface area contributed by atoms with Crippen LogP contribution in [-0.2, 0) is 6.54 Å². The minimum Gasteiger partial charge on any atom is -0.497 e.